The van der Waals surface area contributed by atoms with E-state index >= 15 is 0 Å². The van der Waals surface area contributed by atoms with Gasteiger partial charge >= 0.3 is 12.2 Å². The highest BCUT2D eigenvalue weighted by Gasteiger charge is 2.43. The Morgan fingerprint density at radius 3 is 1.85 bits per heavy atom. The largest absolute Gasteiger partial charge is 0.432 e. The molecule has 15 heteroatoms. The Labute approximate surface area is 264 Å². The van der Waals surface area contributed by atoms with Crippen LogP contribution in [-0.2, 0) is 21.7 Å². The normalized spacial score (nSPS) is 13.5. The SMILES string of the molecule is CCCCCCCOCC(C)COC(O)c1cc(F)c(C(F)(F)Oc2ccc(C(F)(F)Oc3cc(F)c(F)c(F)c3)c(F)c2)c(F)c1. The molecule has 2 unspecified atom stereocenters. The molecule has 0 spiro atoms. The van der Waals surface area contributed by atoms with Gasteiger partial charge < -0.3 is 24.1 Å². The van der Waals surface area contributed by atoms with Crippen LogP contribution in [0.15, 0.2) is 42.5 Å². The molecule has 0 bridgehead atoms. The van der Waals surface area contributed by atoms with Crippen molar-refractivity contribution < 1.29 is 68.0 Å². The van der Waals surface area contributed by atoms with Crippen molar-refractivity contribution >= 4 is 0 Å². The lowest BCUT2D eigenvalue weighted by Crippen LogP contribution is -2.26. The highest BCUT2D eigenvalue weighted by molar-refractivity contribution is 5.35. The predicted molar refractivity (Wildman–Crippen MR) is 148 cm³/mol. The molecule has 47 heavy (non-hydrogen) atoms. The standard InChI is InChI=1S/C32H32F10O5/c1-3-4-5-6-7-10-44-16-18(2)17-45-30(43)19-11-24(34)28(25(35)12-19)32(41,42)46-20-8-9-22(23(33)13-20)31(39,40)47-21-14-26(36)29(38)27(37)15-21/h8-9,11-15,18,30,43H,3-7,10,16-17H2,1-2H3. The van der Waals surface area contributed by atoms with E-state index in [1.54, 1.807) is 6.92 Å². The van der Waals surface area contributed by atoms with E-state index in [0.29, 0.717) is 24.8 Å². The molecule has 260 valence electrons. The molecule has 0 saturated carbocycles. The minimum atomic E-state index is -4.82. The van der Waals surface area contributed by atoms with Gasteiger partial charge in [-0.2, -0.15) is 17.6 Å². The van der Waals surface area contributed by atoms with Crippen molar-refractivity contribution in [2.75, 3.05) is 19.8 Å². The maximum atomic E-state index is 14.8. The molecule has 5 nitrogen and oxygen atoms in total. The van der Waals surface area contributed by atoms with Gasteiger partial charge in [0.05, 0.1) is 13.2 Å². The highest BCUT2D eigenvalue weighted by Crippen LogP contribution is 2.39. The summed E-state index contributed by atoms with van der Waals surface area (Å²) in [6, 6.07) is 1.49. The van der Waals surface area contributed by atoms with Crippen molar-refractivity contribution in [3.05, 3.63) is 94.1 Å². The minimum absolute atomic E-state index is 0.0193. The van der Waals surface area contributed by atoms with Gasteiger partial charge in [0.1, 0.15) is 40.1 Å². The molecule has 2 atom stereocenters. The molecule has 3 aromatic rings. The van der Waals surface area contributed by atoms with E-state index in [-0.39, 0.29) is 43.4 Å². The first kappa shape index (κ1) is 37.9. The van der Waals surface area contributed by atoms with E-state index in [0.717, 1.165) is 32.1 Å². The van der Waals surface area contributed by atoms with Gasteiger partial charge in [-0.25, -0.2) is 26.3 Å². The number of halogens is 10. The molecular formula is C32H32F10O5. The monoisotopic (exact) mass is 686 g/mol. The lowest BCUT2D eigenvalue weighted by atomic mass is 10.1. The Kier molecular flexibility index (Phi) is 13.3. The van der Waals surface area contributed by atoms with E-state index in [2.05, 4.69) is 16.4 Å². The molecule has 0 fully saturated rings. The summed E-state index contributed by atoms with van der Waals surface area (Å²) in [4.78, 5) is 0. The van der Waals surface area contributed by atoms with Crippen molar-refractivity contribution in [2.45, 2.75) is 64.5 Å². The Morgan fingerprint density at radius 1 is 0.681 bits per heavy atom. The number of aliphatic hydroxyl groups excluding tert-OH is 1. The van der Waals surface area contributed by atoms with Crippen LogP contribution in [0, 0.1) is 40.8 Å². The van der Waals surface area contributed by atoms with Gasteiger partial charge in [0.25, 0.3) is 0 Å². The first-order valence-corrected chi connectivity index (χ1v) is 14.5. The summed E-state index contributed by atoms with van der Waals surface area (Å²) < 4.78 is 161. The number of ether oxygens (including phenoxy) is 4. The molecule has 1 N–H and O–H groups in total. The van der Waals surface area contributed by atoms with Crippen molar-refractivity contribution in [2.24, 2.45) is 5.92 Å². The lowest BCUT2D eigenvalue weighted by molar-refractivity contribution is -0.190. The Morgan fingerprint density at radius 2 is 1.26 bits per heavy atom. The molecule has 0 aliphatic rings. The van der Waals surface area contributed by atoms with Crippen LogP contribution >= 0.6 is 0 Å². The van der Waals surface area contributed by atoms with Crippen molar-refractivity contribution in [3.63, 3.8) is 0 Å². The molecule has 0 aliphatic carbocycles. The summed E-state index contributed by atoms with van der Waals surface area (Å²) >= 11 is 0. The molecule has 0 heterocycles. The number of rotatable bonds is 18. The summed E-state index contributed by atoms with van der Waals surface area (Å²) in [6.45, 7) is 4.57. The average molecular weight is 687 g/mol. The quantitative estimate of drug-likeness (QED) is 0.0626. The van der Waals surface area contributed by atoms with Gasteiger partial charge in [0, 0.05) is 36.3 Å². The highest BCUT2D eigenvalue weighted by atomic mass is 19.3. The predicted octanol–water partition coefficient (Wildman–Crippen LogP) is 9.41. The third-order valence-electron chi connectivity index (χ3n) is 6.68. The van der Waals surface area contributed by atoms with Gasteiger partial charge in [0.2, 0.25) is 0 Å². The van der Waals surface area contributed by atoms with Crippen molar-refractivity contribution in [1.29, 1.82) is 0 Å². The van der Waals surface area contributed by atoms with Gasteiger partial charge in [-0.15, -0.1) is 0 Å². The van der Waals surface area contributed by atoms with Crippen LogP contribution < -0.4 is 9.47 Å². The van der Waals surface area contributed by atoms with E-state index in [1.165, 1.54) is 0 Å². The van der Waals surface area contributed by atoms with Crippen LogP contribution in [0.25, 0.3) is 0 Å². The average Bonchev–Trinajstić information content (AvgIpc) is 2.97. The number of aliphatic hydroxyl groups is 1. The maximum absolute atomic E-state index is 14.8. The second kappa shape index (κ2) is 16.5. The van der Waals surface area contributed by atoms with Crippen LogP contribution in [0.3, 0.4) is 0 Å². The van der Waals surface area contributed by atoms with Crippen LogP contribution in [0.1, 0.15) is 68.9 Å². The smallest absolute Gasteiger partial charge is 0.429 e. The summed E-state index contributed by atoms with van der Waals surface area (Å²) in [5, 5.41) is 10.2. The number of hydrogen-bond donors (Lipinski definition) is 1. The third-order valence-corrected chi connectivity index (χ3v) is 6.68. The fraction of sp³-hybridized carbons (Fsp3) is 0.438. The van der Waals surface area contributed by atoms with Crippen LogP contribution in [0.4, 0.5) is 43.9 Å². The van der Waals surface area contributed by atoms with E-state index < -0.39 is 81.6 Å². The lowest BCUT2D eigenvalue weighted by Gasteiger charge is -2.22. The molecule has 3 rings (SSSR count). The van der Waals surface area contributed by atoms with E-state index in [4.69, 9.17) is 9.47 Å². The third kappa shape index (κ3) is 10.5. The van der Waals surface area contributed by atoms with Crippen LogP contribution in [0.5, 0.6) is 11.5 Å². The second-order valence-electron chi connectivity index (χ2n) is 10.7. The fourth-order valence-electron chi connectivity index (χ4n) is 4.29. The molecular weight excluding hydrogens is 654 g/mol. The maximum Gasteiger partial charge on any atom is 0.432 e. The zero-order chi connectivity index (χ0) is 34.9. The second-order valence-corrected chi connectivity index (χ2v) is 10.7. The van der Waals surface area contributed by atoms with Crippen molar-refractivity contribution in [1.82, 2.24) is 0 Å². The van der Waals surface area contributed by atoms with Gasteiger partial charge in [0.15, 0.2) is 23.7 Å². The molecule has 0 aromatic heterocycles. The summed E-state index contributed by atoms with van der Waals surface area (Å²) in [6.07, 6.45) is -6.10. The number of alkyl halides is 4. The molecule has 3 aromatic carbocycles. The first-order chi connectivity index (χ1) is 22.1. The Balaban J connectivity index is 1.64. The minimum Gasteiger partial charge on any atom is -0.429 e. The topological polar surface area (TPSA) is 57.2 Å². The van der Waals surface area contributed by atoms with Gasteiger partial charge in [-0.05, 0) is 30.7 Å². The van der Waals surface area contributed by atoms with Gasteiger partial charge in [-0.1, -0.05) is 39.5 Å². The fourth-order valence-corrected chi connectivity index (χ4v) is 4.29. The summed E-state index contributed by atoms with van der Waals surface area (Å²) in [5.74, 6) is -14.0. The molecule has 0 aliphatic heterocycles. The Bertz CT molecular complexity index is 1440. The van der Waals surface area contributed by atoms with E-state index in [1.807, 2.05) is 0 Å². The number of benzene rings is 3. The zero-order valence-electron chi connectivity index (χ0n) is 25.2. The summed E-state index contributed by atoms with van der Waals surface area (Å²) in [7, 11) is 0. The molecule has 0 amide bonds. The molecule has 0 radical (unpaired) electrons. The Hall–Kier alpha value is -3.56. The van der Waals surface area contributed by atoms with Gasteiger partial charge in [-0.3, -0.25) is 0 Å². The van der Waals surface area contributed by atoms with Crippen molar-refractivity contribution in [3.8, 4) is 11.5 Å². The first-order valence-electron chi connectivity index (χ1n) is 14.5. The summed E-state index contributed by atoms with van der Waals surface area (Å²) in [5.41, 5.74) is -4.09. The van der Waals surface area contributed by atoms with E-state index in [9.17, 15) is 49.0 Å². The zero-order valence-corrected chi connectivity index (χ0v) is 25.2. The van der Waals surface area contributed by atoms with Crippen LogP contribution in [-0.4, -0.2) is 24.9 Å². The molecule has 0 saturated heterocycles. The van der Waals surface area contributed by atoms with Crippen LogP contribution in [0.2, 0.25) is 0 Å². The number of unbranched alkanes of at least 4 members (excludes halogenated alkanes) is 4. The number of hydrogen-bond acceptors (Lipinski definition) is 5.